The van der Waals surface area contributed by atoms with Gasteiger partial charge >= 0.3 is 333 Å². The number of nitrogens with zero attached hydrogens (tertiary/aromatic N) is 1. The van der Waals surface area contributed by atoms with Crippen LogP contribution in [0.1, 0.15) is 139 Å². The molecule has 0 amide bonds. The van der Waals surface area contributed by atoms with Crippen molar-refractivity contribution in [1.29, 1.82) is 0 Å². The van der Waals surface area contributed by atoms with E-state index < -0.39 is 23.9 Å². The number of benzene rings is 5. The van der Waals surface area contributed by atoms with Crippen molar-refractivity contribution in [2.24, 2.45) is 5.41 Å². The number of anilines is 1. The fourth-order valence-electron chi connectivity index (χ4n) is 9.15. The number of hydrogen-bond acceptors (Lipinski definition) is 1. The quantitative estimate of drug-likeness (QED) is 0.0755. The van der Waals surface area contributed by atoms with Gasteiger partial charge in [-0.3, -0.25) is 0 Å². The Balaban J connectivity index is 2.03. The Morgan fingerprint density at radius 1 is 0.491 bits per heavy atom. The van der Waals surface area contributed by atoms with Crippen molar-refractivity contribution < 1.29 is 0 Å². The van der Waals surface area contributed by atoms with Gasteiger partial charge in [0.2, 0.25) is 0 Å². The zero-order valence-electron chi connectivity index (χ0n) is 34.5. The van der Waals surface area contributed by atoms with E-state index in [0.29, 0.717) is 28.0 Å². The average molecular weight is 781 g/mol. The molecule has 5 aromatic rings. The van der Waals surface area contributed by atoms with Crippen LogP contribution in [-0.2, 0) is 0 Å². The monoisotopic (exact) mass is 781 g/mol. The molecular formula is C50H65GeNSi. The molecule has 0 heterocycles. The first-order valence-electron chi connectivity index (χ1n) is 20.2. The maximum absolute atomic E-state index is 3.24. The fraction of sp³-hybridized carbons (Fsp3) is 0.400. The van der Waals surface area contributed by atoms with E-state index >= 15 is 0 Å². The van der Waals surface area contributed by atoms with Crippen LogP contribution in [0, 0.1) is 5.41 Å². The van der Waals surface area contributed by atoms with E-state index in [1.54, 1.807) is 5.69 Å². The van der Waals surface area contributed by atoms with Crippen LogP contribution < -0.4 is 3.52 Å². The first-order chi connectivity index (χ1) is 25.3. The van der Waals surface area contributed by atoms with E-state index in [4.69, 9.17) is 0 Å². The van der Waals surface area contributed by atoms with E-state index in [9.17, 15) is 0 Å². The maximum atomic E-state index is 3.24. The molecule has 3 heteroatoms. The predicted octanol–water partition coefficient (Wildman–Crippen LogP) is 14.6. The molecule has 0 saturated carbocycles. The third kappa shape index (κ3) is 9.14. The second-order valence-electron chi connectivity index (χ2n) is 17.6. The molecule has 5 aromatic carbocycles. The van der Waals surface area contributed by atoms with Gasteiger partial charge in [-0.15, -0.1) is 0 Å². The van der Waals surface area contributed by atoms with Crippen molar-refractivity contribution in [2.45, 2.75) is 122 Å². The van der Waals surface area contributed by atoms with Crippen LogP contribution in [0.4, 0.5) is 5.69 Å². The van der Waals surface area contributed by atoms with Crippen LogP contribution in [-0.4, -0.2) is 23.9 Å². The summed E-state index contributed by atoms with van der Waals surface area (Å²) in [6.07, 6.45) is 1.25. The van der Waals surface area contributed by atoms with Crippen molar-refractivity contribution in [2.75, 3.05) is 3.52 Å². The molecule has 0 saturated heterocycles. The molecule has 0 N–H and O–H groups in total. The summed E-state index contributed by atoms with van der Waals surface area (Å²) in [6, 6.07) is 50.8. The van der Waals surface area contributed by atoms with Crippen LogP contribution in [0.5, 0.6) is 0 Å². The number of hydrogen-bond donors (Lipinski definition) is 0. The molecule has 0 spiro atoms. The van der Waals surface area contributed by atoms with E-state index in [-0.39, 0.29) is 11.8 Å². The molecule has 5 rings (SSSR count). The van der Waals surface area contributed by atoms with Gasteiger partial charge in [-0.25, -0.2) is 0 Å². The molecule has 0 aliphatic heterocycles. The molecule has 0 unspecified atom stereocenters. The Kier molecular flexibility index (Phi) is 13.8. The minimum absolute atomic E-state index is 0.104. The van der Waals surface area contributed by atoms with Gasteiger partial charge < -0.3 is 0 Å². The molecular weight excluding hydrogens is 715 g/mol. The second kappa shape index (κ2) is 17.9. The summed E-state index contributed by atoms with van der Waals surface area (Å²) in [5.41, 5.74) is 13.5. The van der Waals surface area contributed by atoms with Gasteiger partial charge in [0.15, 0.2) is 0 Å². The summed E-state index contributed by atoms with van der Waals surface area (Å²) in [5.74, 6) is 0.590. The van der Waals surface area contributed by atoms with Gasteiger partial charge in [-0.1, -0.05) is 0 Å². The Morgan fingerprint density at radius 3 is 1.08 bits per heavy atom. The predicted molar refractivity (Wildman–Crippen MR) is 236 cm³/mol. The van der Waals surface area contributed by atoms with Crippen molar-refractivity contribution >= 4 is 29.6 Å². The topological polar surface area (TPSA) is 3.24 Å². The Hall–Kier alpha value is -3.34. The van der Waals surface area contributed by atoms with Crippen molar-refractivity contribution in [3.8, 4) is 0 Å². The molecule has 2 radical (unpaired) electrons. The number of rotatable bonds is 15. The van der Waals surface area contributed by atoms with Gasteiger partial charge in [0.05, 0.1) is 0 Å². The van der Waals surface area contributed by atoms with Gasteiger partial charge in [-0.05, 0) is 0 Å². The normalized spacial score (nSPS) is 12.5. The molecule has 0 atom stereocenters. The van der Waals surface area contributed by atoms with Crippen molar-refractivity contribution in [1.82, 2.24) is 0 Å². The Morgan fingerprint density at radius 2 is 0.811 bits per heavy atom. The van der Waals surface area contributed by atoms with Crippen molar-refractivity contribution in [3.05, 3.63) is 172 Å². The zero-order chi connectivity index (χ0) is 38.3. The fourth-order valence-corrected chi connectivity index (χ4v) is 25.9. The molecule has 0 bridgehead atoms. The van der Waals surface area contributed by atoms with Crippen LogP contribution in [0.25, 0.3) is 0 Å². The van der Waals surface area contributed by atoms with Gasteiger partial charge in [0, 0.05) is 0 Å². The first-order valence-corrected chi connectivity index (χ1v) is 24.8. The summed E-state index contributed by atoms with van der Waals surface area (Å²) in [6.45, 7) is 27.4. The van der Waals surface area contributed by atoms with Crippen molar-refractivity contribution in [3.63, 3.8) is 0 Å². The standard InChI is InChI=1S/C50H65GeNSi/c1-36(2)44-34-45(47(40-24-16-12-17-25-40)41-26-18-13-19-27-41)49(46(35-44)48(42-28-20-14-21-29-42)43-30-22-15-23-31-43)52(51-33-32-50(9,10)11)53(37(3)4,38(5)6)39(7)8/h12-31,34-39,47-48H,32-33H2,1-11H3. The van der Waals surface area contributed by atoms with E-state index in [0.717, 1.165) is 0 Å². The van der Waals surface area contributed by atoms with E-state index in [1.807, 2.05) is 0 Å². The van der Waals surface area contributed by atoms with Crippen LogP contribution in [0.2, 0.25) is 21.9 Å². The van der Waals surface area contributed by atoms with E-state index in [2.05, 4.69) is 213 Å². The molecule has 0 aliphatic carbocycles. The van der Waals surface area contributed by atoms with E-state index in [1.165, 1.54) is 50.6 Å². The molecule has 0 fully saturated rings. The summed E-state index contributed by atoms with van der Waals surface area (Å²) in [5, 5.41) is 1.29. The summed E-state index contributed by atoms with van der Waals surface area (Å²) in [7, 11) is -2.21. The van der Waals surface area contributed by atoms with Gasteiger partial charge in [0.25, 0.3) is 0 Å². The summed E-state index contributed by atoms with van der Waals surface area (Å²) < 4.78 is 3.24. The SMILES string of the molecule is CC(C)c1cc(C(c2ccccc2)c2ccccc2)c([N]([Ge][CH2]CC(C)(C)C)[Si](C(C)C)(C(C)C)C(C)C)c(C(c2ccccc2)c2ccccc2)c1. The molecule has 53 heavy (non-hydrogen) atoms. The zero-order valence-corrected chi connectivity index (χ0v) is 37.6. The Labute approximate surface area is 331 Å². The van der Waals surface area contributed by atoms with Crippen LogP contribution >= 0.6 is 0 Å². The summed E-state index contributed by atoms with van der Waals surface area (Å²) in [4.78, 5) is 0. The Bertz CT molecular complexity index is 1640. The molecule has 0 aromatic heterocycles. The van der Waals surface area contributed by atoms with Crippen LogP contribution in [0.15, 0.2) is 133 Å². The second-order valence-corrected chi connectivity index (χ2v) is 26.9. The minimum atomic E-state index is -2.21. The molecule has 0 aliphatic rings. The van der Waals surface area contributed by atoms with Crippen LogP contribution in [0.3, 0.4) is 0 Å². The average Bonchev–Trinajstić information content (AvgIpc) is 3.12. The third-order valence-corrected chi connectivity index (χ3v) is 23.5. The first kappa shape index (κ1) is 40.8. The summed E-state index contributed by atoms with van der Waals surface area (Å²) >= 11 is -0.567. The van der Waals surface area contributed by atoms with Gasteiger partial charge in [0.1, 0.15) is 0 Å². The molecule has 278 valence electrons. The molecule has 1 nitrogen and oxygen atoms in total. The third-order valence-electron chi connectivity index (χ3n) is 11.5. The van der Waals surface area contributed by atoms with Gasteiger partial charge in [-0.2, -0.15) is 0 Å².